The van der Waals surface area contributed by atoms with E-state index in [4.69, 9.17) is 0 Å². The SMILES string of the molecule is CCC#C[C@H](O)/C=C/[C@H]1CCC(=O)N1CCCCCCC(=O)OC. The van der Waals surface area contributed by atoms with Gasteiger partial charge in [-0.2, -0.15) is 0 Å². The van der Waals surface area contributed by atoms with E-state index in [0.717, 1.165) is 45.1 Å². The lowest BCUT2D eigenvalue weighted by atomic mass is 10.1. The molecule has 1 aliphatic heterocycles. The van der Waals surface area contributed by atoms with Gasteiger partial charge in [0.25, 0.3) is 0 Å². The second-order valence-electron chi connectivity index (χ2n) is 5.94. The van der Waals surface area contributed by atoms with Gasteiger partial charge < -0.3 is 14.7 Å². The Balaban J connectivity index is 2.32. The van der Waals surface area contributed by atoms with Crippen molar-refractivity contribution in [3.05, 3.63) is 12.2 Å². The number of carbonyl (C=O) groups excluding carboxylic acids is 2. The largest absolute Gasteiger partial charge is 0.469 e. The second kappa shape index (κ2) is 11.7. The molecule has 1 amide bonds. The highest BCUT2D eigenvalue weighted by atomic mass is 16.5. The maximum atomic E-state index is 12.0. The molecule has 5 heteroatoms. The van der Waals surface area contributed by atoms with Crippen LogP contribution in [0.2, 0.25) is 0 Å². The van der Waals surface area contributed by atoms with Crippen LogP contribution in [0.25, 0.3) is 0 Å². The van der Waals surface area contributed by atoms with Crippen LogP contribution in [0.4, 0.5) is 0 Å². The van der Waals surface area contributed by atoms with Gasteiger partial charge in [0, 0.05) is 25.8 Å². The topological polar surface area (TPSA) is 66.8 Å². The fourth-order valence-electron chi connectivity index (χ4n) is 2.74. The molecule has 0 aliphatic carbocycles. The molecular formula is C19H29NO4. The van der Waals surface area contributed by atoms with Gasteiger partial charge in [0.2, 0.25) is 5.91 Å². The zero-order valence-electron chi connectivity index (χ0n) is 14.8. The van der Waals surface area contributed by atoms with Crippen molar-refractivity contribution in [2.24, 2.45) is 0 Å². The Labute approximate surface area is 145 Å². The van der Waals surface area contributed by atoms with Gasteiger partial charge in [0.1, 0.15) is 6.10 Å². The van der Waals surface area contributed by atoms with Crippen LogP contribution in [0.5, 0.6) is 0 Å². The van der Waals surface area contributed by atoms with Crippen LogP contribution in [0.3, 0.4) is 0 Å². The zero-order valence-corrected chi connectivity index (χ0v) is 14.8. The lowest BCUT2D eigenvalue weighted by molar-refractivity contribution is -0.140. The number of nitrogens with zero attached hydrogens (tertiary/aromatic N) is 1. The Morgan fingerprint density at radius 3 is 2.88 bits per heavy atom. The molecule has 5 nitrogen and oxygen atoms in total. The molecule has 0 aromatic carbocycles. The number of hydrogen-bond donors (Lipinski definition) is 1. The molecule has 24 heavy (non-hydrogen) atoms. The van der Waals surface area contributed by atoms with Crippen LogP contribution in [0, 0.1) is 11.8 Å². The first kappa shape index (κ1) is 20.2. The summed E-state index contributed by atoms with van der Waals surface area (Å²) in [6, 6.07) is 0.0608. The van der Waals surface area contributed by atoms with Crippen LogP contribution in [0.1, 0.15) is 58.3 Å². The molecule has 0 aromatic rings. The minimum Gasteiger partial charge on any atom is -0.469 e. The van der Waals surface area contributed by atoms with E-state index in [1.165, 1.54) is 7.11 Å². The first-order valence-corrected chi connectivity index (χ1v) is 8.79. The third kappa shape index (κ3) is 7.65. The van der Waals surface area contributed by atoms with Gasteiger partial charge in [-0.25, -0.2) is 0 Å². The third-order valence-electron chi connectivity index (χ3n) is 4.07. The fourth-order valence-corrected chi connectivity index (χ4v) is 2.74. The molecule has 1 saturated heterocycles. The zero-order chi connectivity index (χ0) is 17.8. The van der Waals surface area contributed by atoms with Crippen LogP contribution in [0.15, 0.2) is 12.2 Å². The number of aliphatic hydroxyl groups is 1. The number of ether oxygens (including phenoxy) is 1. The molecule has 1 N–H and O–H groups in total. The summed E-state index contributed by atoms with van der Waals surface area (Å²) in [7, 11) is 1.40. The lowest BCUT2D eigenvalue weighted by Crippen LogP contribution is -2.32. The predicted octanol–water partition coefficient (Wildman–Crippen LogP) is 2.43. The molecule has 1 fully saturated rings. The number of carbonyl (C=O) groups is 2. The summed E-state index contributed by atoms with van der Waals surface area (Å²) >= 11 is 0. The van der Waals surface area contributed by atoms with Crippen molar-refractivity contribution in [1.29, 1.82) is 0 Å². The maximum Gasteiger partial charge on any atom is 0.305 e. The van der Waals surface area contributed by atoms with Crippen molar-refractivity contribution < 1.29 is 19.4 Å². The number of esters is 1. The average molecular weight is 335 g/mol. The minimum atomic E-state index is -0.763. The van der Waals surface area contributed by atoms with Gasteiger partial charge >= 0.3 is 5.97 Å². The van der Waals surface area contributed by atoms with E-state index < -0.39 is 6.10 Å². The molecule has 0 aromatic heterocycles. The summed E-state index contributed by atoms with van der Waals surface area (Å²) in [5.41, 5.74) is 0. The maximum absolute atomic E-state index is 12.0. The first-order chi connectivity index (χ1) is 11.6. The number of amides is 1. The summed E-state index contributed by atoms with van der Waals surface area (Å²) in [4.78, 5) is 24.9. The predicted molar refractivity (Wildman–Crippen MR) is 93.0 cm³/mol. The highest BCUT2D eigenvalue weighted by molar-refractivity contribution is 5.79. The minimum absolute atomic E-state index is 0.0608. The van der Waals surface area contributed by atoms with Crippen LogP contribution < -0.4 is 0 Å². The van der Waals surface area contributed by atoms with Crippen molar-refractivity contribution in [2.75, 3.05) is 13.7 Å². The van der Waals surface area contributed by atoms with E-state index in [1.807, 2.05) is 17.9 Å². The Morgan fingerprint density at radius 2 is 2.17 bits per heavy atom. The van der Waals surface area contributed by atoms with E-state index >= 15 is 0 Å². The molecule has 0 bridgehead atoms. The van der Waals surface area contributed by atoms with Gasteiger partial charge in [-0.15, -0.1) is 5.92 Å². The fraction of sp³-hybridized carbons (Fsp3) is 0.684. The molecule has 0 spiro atoms. The van der Waals surface area contributed by atoms with Crippen molar-refractivity contribution in [3.63, 3.8) is 0 Å². The molecule has 1 heterocycles. The van der Waals surface area contributed by atoms with E-state index in [2.05, 4.69) is 16.6 Å². The molecule has 134 valence electrons. The molecular weight excluding hydrogens is 306 g/mol. The molecule has 0 saturated carbocycles. The first-order valence-electron chi connectivity index (χ1n) is 8.79. The van der Waals surface area contributed by atoms with Gasteiger partial charge in [-0.05, 0) is 25.3 Å². The number of hydrogen-bond acceptors (Lipinski definition) is 4. The monoisotopic (exact) mass is 335 g/mol. The van der Waals surface area contributed by atoms with Gasteiger partial charge in [-0.1, -0.05) is 31.8 Å². The summed E-state index contributed by atoms with van der Waals surface area (Å²) < 4.78 is 4.61. The Morgan fingerprint density at radius 1 is 1.42 bits per heavy atom. The van der Waals surface area contributed by atoms with E-state index in [0.29, 0.717) is 12.8 Å². The quantitative estimate of drug-likeness (QED) is 0.304. The third-order valence-corrected chi connectivity index (χ3v) is 4.07. The smallest absolute Gasteiger partial charge is 0.305 e. The van der Waals surface area contributed by atoms with E-state index in [1.54, 1.807) is 6.08 Å². The number of methoxy groups -OCH3 is 1. The summed E-state index contributed by atoms with van der Waals surface area (Å²) in [6.07, 6.45) is 9.05. The standard InChI is InChI=1S/C19H29NO4/c1-3-4-9-17(21)13-11-16-12-14-18(22)20(16)15-8-6-5-7-10-19(23)24-2/h11,13,16-17,21H,3,5-8,10,12,14-15H2,1-2H3/b13-11+/t16-,17-/m0/s1. The van der Waals surface area contributed by atoms with Crippen molar-refractivity contribution in [1.82, 2.24) is 4.90 Å². The molecule has 1 rings (SSSR count). The van der Waals surface area contributed by atoms with E-state index in [-0.39, 0.29) is 17.9 Å². The molecule has 1 aliphatic rings. The molecule has 0 unspecified atom stereocenters. The Kier molecular flexibility index (Phi) is 9.86. The van der Waals surface area contributed by atoms with E-state index in [9.17, 15) is 14.7 Å². The van der Waals surface area contributed by atoms with Crippen LogP contribution in [-0.2, 0) is 14.3 Å². The van der Waals surface area contributed by atoms with Gasteiger partial charge in [0.05, 0.1) is 13.2 Å². The van der Waals surface area contributed by atoms with Crippen molar-refractivity contribution in [3.8, 4) is 11.8 Å². The second-order valence-corrected chi connectivity index (χ2v) is 5.94. The Hall–Kier alpha value is -1.80. The van der Waals surface area contributed by atoms with Gasteiger partial charge in [-0.3, -0.25) is 9.59 Å². The molecule has 0 radical (unpaired) electrons. The summed E-state index contributed by atoms with van der Waals surface area (Å²) in [6.45, 7) is 2.66. The van der Waals surface area contributed by atoms with Crippen molar-refractivity contribution >= 4 is 11.9 Å². The Bertz CT molecular complexity index is 489. The highest BCUT2D eigenvalue weighted by Gasteiger charge is 2.28. The van der Waals surface area contributed by atoms with Crippen molar-refractivity contribution in [2.45, 2.75) is 70.4 Å². The summed E-state index contributed by atoms with van der Waals surface area (Å²) in [5, 5.41) is 9.73. The number of rotatable bonds is 9. The lowest BCUT2D eigenvalue weighted by Gasteiger charge is -2.22. The van der Waals surface area contributed by atoms with Crippen LogP contribution in [-0.4, -0.2) is 47.7 Å². The highest BCUT2D eigenvalue weighted by Crippen LogP contribution is 2.21. The normalized spacial score (nSPS) is 18.5. The number of aliphatic hydroxyl groups excluding tert-OH is 1. The number of likely N-dealkylation sites (tertiary alicyclic amines) is 1. The molecule has 2 atom stereocenters. The van der Waals surface area contributed by atoms with Crippen LogP contribution >= 0.6 is 0 Å². The van der Waals surface area contributed by atoms with Gasteiger partial charge in [0.15, 0.2) is 0 Å². The average Bonchev–Trinajstić information content (AvgIpc) is 2.93. The number of unbranched alkanes of at least 4 members (excludes halogenated alkanes) is 3. The summed E-state index contributed by atoms with van der Waals surface area (Å²) in [5.74, 6) is 5.59.